The molecule has 9 nitrogen and oxygen atoms in total. The fraction of sp³-hybridized carbons (Fsp3) is 0.385. The van der Waals surface area contributed by atoms with Crippen LogP contribution in [0.4, 0.5) is 15.0 Å². The van der Waals surface area contributed by atoms with Gasteiger partial charge in [0, 0.05) is 51.0 Å². The highest BCUT2D eigenvalue weighted by Gasteiger charge is 2.27. The van der Waals surface area contributed by atoms with Gasteiger partial charge in [-0.25, -0.2) is 14.2 Å². The maximum atomic E-state index is 14.2. The molecule has 1 fully saturated rings. The Hall–Kier alpha value is -3.50. The van der Waals surface area contributed by atoms with Crippen molar-refractivity contribution in [1.82, 2.24) is 20.1 Å². The summed E-state index contributed by atoms with van der Waals surface area (Å²) in [5, 5.41) is 3.92. The number of carbonyl (C=O) groups is 1. The first-order chi connectivity index (χ1) is 17.9. The van der Waals surface area contributed by atoms with Crippen molar-refractivity contribution in [3.8, 4) is 11.5 Å². The van der Waals surface area contributed by atoms with E-state index in [0.29, 0.717) is 36.4 Å². The van der Waals surface area contributed by atoms with Gasteiger partial charge in [-0.1, -0.05) is 17.7 Å². The number of carbonyl (C=O) groups excluding carboxylic acids is 1. The summed E-state index contributed by atoms with van der Waals surface area (Å²) in [5.41, 5.74) is 8.88. The lowest BCUT2D eigenvalue weighted by Crippen LogP contribution is -2.52. The molecule has 2 aliphatic rings. The van der Waals surface area contributed by atoms with E-state index in [-0.39, 0.29) is 22.6 Å². The van der Waals surface area contributed by atoms with E-state index in [1.165, 1.54) is 19.2 Å². The van der Waals surface area contributed by atoms with Gasteiger partial charge in [0.05, 0.1) is 29.3 Å². The summed E-state index contributed by atoms with van der Waals surface area (Å²) in [6, 6.07) is 2.80. The molecule has 0 saturated carbocycles. The van der Waals surface area contributed by atoms with Gasteiger partial charge >= 0.3 is 6.03 Å². The van der Waals surface area contributed by atoms with Crippen LogP contribution in [0.25, 0.3) is 16.5 Å². The molecule has 4 heterocycles. The summed E-state index contributed by atoms with van der Waals surface area (Å²) in [6.45, 7) is 5.93. The van der Waals surface area contributed by atoms with Crippen LogP contribution in [-0.4, -0.2) is 67.2 Å². The molecular formula is C26H29ClFN5O4. The van der Waals surface area contributed by atoms with Crippen molar-refractivity contribution in [2.75, 3.05) is 52.1 Å². The number of nitrogen functional groups attached to an aromatic ring is 1. The summed E-state index contributed by atoms with van der Waals surface area (Å²) in [7, 11) is 1.48. The number of fused-ring (bicyclic) bond motifs is 1. The zero-order valence-electron chi connectivity index (χ0n) is 20.7. The Kier molecular flexibility index (Phi) is 7.12. The quantitative estimate of drug-likeness (QED) is 0.502. The minimum atomic E-state index is -0.708. The second-order valence-corrected chi connectivity index (χ2v) is 9.43. The number of aromatic nitrogens is 1. The van der Waals surface area contributed by atoms with Crippen LogP contribution < -0.4 is 20.5 Å². The van der Waals surface area contributed by atoms with Gasteiger partial charge in [0.15, 0.2) is 11.4 Å². The van der Waals surface area contributed by atoms with Crippen molar-refractivity contribution >= 4 is 40.0 Å². The first-order valence-corrected chi connectivity index (χ1v) is 12.5. The number of urea groups is 1. The topological polar surface area (TPSA) is 106 Å². The van der Waals surface area contributed by atoms with Crippen LogP contribution in [0.1, 0.15) is 30.6 Å². The second-order valence-electron chi connectivity index (χ2n) is 9.05. The molecule has 2 amide bonds. The fourth-order valence-corrected chi connectivity index (χ4v) is 5.14. The van der Waals surface area contributed by atoms with Gasteiger partial charge in [-0.05, 0) is 31.1 Å². The standard InChI is InChI=1S/C26H29ClFN5O4/c1-15(21-20(35-2)4-3-19(28)22(21)27)37-24-23-17(13-31-25(24)29)18(14-36-23)16-5-9-32(10-6-16)26(34)33-11-7-30-8-12-33/h3-5,13-15,30H,6-12H2,1-2H3,(H2,29,31)/t15-/m1/s1. The molecule has 5 rings (SSSR count). The van der Waals surface area contributed by atoms with Gasteiger partial charge in [-0.2, -0.15) is 0 Å². The molecule has 0 unspecified atom stereocenters. The molecule has 1 saturated heterocycles. The number of halogens is 2. The van der Waals surface area contributed by atoms with Crippen molar-refractivity contribution in [2.24, 2.45) is 0 Å². The molecule has 2 aromatic heterocycles. The maximum Gasteiger partial charge on any atom is 0.320 e. The lowest BCUT2D eigenvalue weighted by Gasteiger charge is -2.34. The van der Waals surface area contributed by atoms with Crippen LogP contribution in [-0.2, 0) is 0 Å². The lowest BCUT2D eigenvalue weighted by molar-refractivity contribution is 0.151. The van der Waals surface area contributed by atoms with E-state index in [0.717, 1.165) is 42.7 Å². The molecular weight excluding hydrogens is 501 g/mol. The number of anilines is 1. The largest absolute Gasteiger partial charge is 0.496 e. The van der Waals surface area contributed by atoms with Crippen LogP contribution in [0, 0.1) is 5.82 Å². The highest BCUT2D eigenvalue weighted by atomic mass is 35.5. The molecule has 1 aromatic carbocycles. The van der Waals surface area contributed by atoms with Crippen LogP contribution in [0.2, 0.25) is 5.02 Å². The minimum absolute atomic E-state index is 0.0689. The van der Waals surface area contributed by atoms with Crippen molar-refractivity contribution in [2.45, 2.75) is 19.4 Å². The van der Waals surface area contributed by atoms with Crippen molar-refractivity contribution in [3.63, 3.8) is 0 Å². The third kappa shape index (κ3) is 4.78. The van der Waals surface area contributed by atoms with E-state index >= 15 is 0 Å². The summed E-state index contributed by atoms with van der Waals surface area (Å²) in [5.74, 6) is 0.193. The zero-order chi connectivity index (χ0) is 26.1. The smallest absolute Gasteiger partial charge is 0.320 e. The van der Waals surface area contributed by atoms with Crippen molar-refractivity contribution < 1.29 is 23.1 Å². The van der Waals surface area contributed by atoms with E-state index in [9.17, 15) is 9.18 Å². The Labute approximate surface area is 218 Å². The third-order valence-electron chi connectivity index (χ3n) is 6.83. The van der Waals surface area contributed by atoms with E-state index in [2.05, 4.69) is 10.3 Å². The van der Waals surface area contributed by atoms with Crippen LogP contribution in [0.15, 0.2) is 35.1 Å². The van der Waals surface area contributed by atoms with Gasteiger partial charge in [0.25, 0.3) is 0 Å². The number of pyridine rings is 1. The predicted octanol–water partition coefficient (Wildman–Crippen LogP) is 4.47. The van der Waals surface area contributed by atoms with Crippen LogP contribution >= 0.6 is 11.6 Å². The Balaban J connectivity index is 1.39. The summed E-state index contributed by atoms with van der Waals surface area (Å²) >= 11 is 6.24. The van der Waals surface area contributed by atoms with Gasteiger partial charge < -0.3 is 34.7 Å². The minimum Gasteiger partial charge on any atom is -0.496 e. The summed E-state index contributed by atoms with van der Waals surface area (Å²) in [6.07, 6.45) is 5.32. The number of rotatable bonds is 5. The number of amides is 2. The number of nitrogens with one attached hydrogen (secondary N) is 1. The van der Waals surface area contributed by atoms with Crippen molar-refractivity contribution in [1.29, 1.82) is 0 Å². The van der Waals surface area contributed by atoms with E-state index < -0.39 is 11.9 Å². The summed E-state index contributed by atoms with van der Waals surface area (Å²) in [4.78, 5) is 20.9. The number of nitrogens with two attached hydrogens (primary N) is 1. The SMILES string of the molecule is COc1ccc(F)c(Cl)c1[C@@H](C)Oc1c(N)ncc2c(C3=CCN(C(=O)N4CCNCC4)CC3)coc12. The Bertz CT molecular complexity index is 1350. The first-order valence-electron chi connectivity index (χ1n) is 12.2. The maximum absolute atomic E-state index is 14.2. The molecule has 2 aliphatic heterocycles. The molecule has 3 N–H and O–H groups in total. The van der Waals surface area contributed by atoms with E-state index in [1.807, 2.05) is 15.9 Å². The zero-order valence-corrected chi connectivity index (χ0v) is 21.5. The predicted molar refractivity (Wildman–Crippen MR) is 139 cm³/mol. The number of methoxy groups -OCH3 is 1. The Morgan fingerprint density at radius 3 is 2.76 bits per heavy atom. The number of nitrogens with zero attached hydrogens (tertiary/aromatic N) is 3. The average molecular weight is 530 g/mol. The third-order valence-corrected chi connectivity index (χ3v) is 7.21. The number of furan rings is 1. The number of benzene rings is 1. The average Bonchev–Trinajstić information content (AvgIpc) is 3.36. The van der Waals surface area contributed by atoms with Crippen molar-refractivity contribution in [3.05, 3.63) is 52.6 Å². The van der Waals surface area contributed by atoms with Crippen LogP contribution in [0.3, 0.4) is 0 Å². The molecule has 0 bridgehead atoms. The lowest BCUT2D eigenvalue weighted by atomic mass is 9.99. The molecule has 0 radical (unpaired) electrons. The second kappa shape index (κ2) is 10.5. The highest BCUT2D eigenvalue weighted by Crippen LogP contribution is 2.42. The molecule has 196 valence electrons. The number of ether oxygens (including phenoxy) is 2. The van der Waals surface area contributed by atoms with Gasteiger partial charge in [-0.15, -0.1) is 0 Å². The highest BCUT2D eigenvalue weighted by molar-refractivity contribution is 6.31. The van der Waals surface area contributed by atoms with E-state index in [4.69, 9.17) is 31.2 Å². The normalized spacial score (nSPS) is 17.0. The number of piperazine rings is 1. The monoisotopic (exact) mass is 529 g/mol. The molecule has 0 spiro atoms. The number of hydrogen-bond donors (Lipinski definition) is 2. The Morgan fingerprint density at radius 2 is 2.05 bits per heavy atom. The molecule has 0 aliphatic carbocycles. The molecule has 3 aromatic rings. The summed E-state index contributed by atoms with van der Waals surface area (Å²) < 4.78 is 31.6. The first kappa shape index (κ1) is 25.2. The van der Waals surface area contributed by atoms with Gasteiger partial charge in [-0.3, -0.25) is 0 Å². The Morgan fingerprint density at radius 1 is 1.27 bits per heavy atom. The fourth-order valence-electron chi connectivity index (χ4n) is 4.83. The molecule has 1 atom stereocenters. The van der Waals surface area contributed by atoms with E-state index in [1.54, 1.807) is 19.4 Å². The van der Waals surface area contributed by atoms with Crippen LogP contribution in [0.5, 0.6) is 11.5 Å². The van der Waals surface area contributed by atoms with Gasteiger partial charge in [0.2, 0.25) is 5.75 Å². The molecule has 11 heteroatoms. The van der Waals surface area contributed by atoms with Gasteiger partial charge in [0.1, 0.15) is 17.7 Å². The molecule has 37 heavy (non-hydrogen) atoms. The number of hydrogen-bond acceptors (Lipinski definition) is 7.